The van der Waals surface area contributed by atoms with Crippen LogP contribution < -0.4 is 10.1 Å². The van der Waals surface area contributed by atoms with E-state index < -0.39 is 11.9 Å². The molecule has 1 atom stereocenters. The number of esters is 1. The summed E-state index contributed by atoms with van der Waals surface area (Å²) in [6.45, 7) is 4.01. The Kier molecular flexibility index (Phi) is 7.04. The Bertz CT molecular complexity index is 1510. The van der Waals surface area contributed by atoms with Gasteiger partial charge in [0.2, 0.25) is 0 Å². The van der Waals surface area contributed by atoms with Crippen LogP contribution in [-0.2, 0) is 16.1 Å². The molecule has 0 spiro atoms. The first-order chi connectivity index (χ1) is 17.8. The summed E-state index contributed by atoms with van der Waals surface area (Å²) in [6.07, 6.45) is 0. The molecule has 1 aliphatic carbocycles. The predicted octanol–water partition coefficient (Wildman–Crippen LogP) is 7.36. The zero-order chi connectivity index (χ0) is 26.3. The monoisotopic (exact) mass is 553 g/mol. The molecule has 0 unspecified atom stereocenters. The Balaban J connectivity index is 1.52. The summed E-state index contributed by atoms with van der Waals surface area (Å²) in [5.74, 6) is -0.812. The van der Waals surface area contributed by atoms with Crippen molar-refractivity contribution in [3.05, 3.63) is 115 Å². The van der Waals surface area contributed by atoms with Crippen LogP contribution >= 0.6 is 34.8 Å². The quantitative estimate of drug-likeness (QED) is 0.323. The third kappa shape index (κ3) is 4.63. The van der Waals surface area contributed by atoms with Gasteiger partial charge in [-0.3, -0.25) is 4.79 Å². The highest BCUT2D eigenvalue weighted by atomic mass is 35.5. The number of carbonyl (C=O) groups is 2. The van der Waals surface area contributed by atoms with Gasteiger partial charge in [0.1, 0.15) is 12.4 Å². The minimum Gasteiger partial charge on any atom is -0.487 e. The van der Waals surface area contributed by atoms with Crippen molar-refractivity contribution in [3.8, 4) is 5.75 Å². The number of rotatable bonds is 6. The van der Waals surface area contributed by atoms with Gasteiger partial charge in [-0.05, 0) is 49.2 Å². The maximum Gasteiger partial charge on any atom is 0.336 e. The molecular formula is C29H22Cl3NO4. The predicted molar refractivity (Wildman–Crippen MR) is 145 cm³/mol. The molecular weight excluding hydrogens is 533 g/mol. The molecule has 0 radical (unpaired) electrons. The Hall–Kier alpha value is -3.25. The average Bonchev–Trinajstić information content (AvgIpc) is 3.16. The van der Waals surface area contributed by atoms with Gasteiger partial charge < -0.3 is 14.8 Å². The molecule has 5 nitrogen and oxygen atoms in total. The molecule has 8 heteroatoms. The Morgan fingerprint density at radius 1 is 0.946 bits per heavy atom. The molecule has 2 aliphatic rings. The molecule has 0 saturated carbocycles. The fourth-order valence-corrected chi connectivity index (χ4v) is 5.31. The number of fused-ring (bicyclic) bond motifs is 2. The normalized spacial score (nSPS) is 16.4. The van der Waals surface area contributed by atoms with Crippen LogP contribution in [0, 0.1) is 0 Å². The second-order valence-electron chi connectivity index (χ2n) is 8.71. The van der Waals surface area contributed by atoms with Crippen molar-refractivity contribution in [2.75, 3.05) is 6.61 Å². The smallest absolute Gasteiger partial charge is 0.336 e. The van der Waals surface area contributed by atoms with E-state index in [4.69, 9.17) is 44.3 Å². The van der Waals surface area contributed by atoms with Crippen molar-refractivity contribution in [3.63, 3.8) is 0 Å². The second-order valence-corrected chi connectivity index (χ2v) is 9.93. The third-order valence-corrected chi connectivity index (χ3v) is 7.45. The van der Waals surface area contributed by atoms with Crippen molar-refractivity contribution < 1.29 is 19.1 Å². The van der Waals surface area contributed by atoms with Crippen LogP contribution in [0.5, 0.6) is 5.75 Å². The molecule has 0 bridgehead atoms. The molecule has 1 N–H and O–H groups in total. The van der Waals surface area contributed by atoms with E-state index in [0.29, 0.717) is 54.5 Å². The maximum absolute atomic E-state index is 13.6. The van der Waals surface area contributed by atoms with Gasteiger partial charge in [-0.1, -0.05) is 71.2 Å². The van der Waals surface area contributed by atoms with Gasteiger partial charge in [-0.25, -0.2) is 4.79 Å². The molecule has 0 fully saturated rings. The van der Waals surface area contributed by atoms with Crippen LogP contribution in [0.25, 0.3) is 5.70 Å². The molecule has 3 aromatic rings. The van der Waals surface area contributed by atoms with E-state index in [9.17, 15) is 9.59 Å². The summed E-state index contributed by atoms with van der Waals surface area (Å²) >= 11 is 18.7. The van der Waals surface area contributed by atoms with Crippen molar-refractivity contribution in [1.82, 2.24) is 5.32 Å². The summed E-state index contributed by atoms with van der Waals surface area (Å²) in [4.78, 5) is 26.7. The highest BCUT2D eigenvalue weighted by molar-refractivity contribution is 6.42. The van der Waals surface area contributed by atoms with Crippen LogP contribution in [0.2, 0.25) is 15.1 Å². The van der Waals surface area contributed by atoms with Gasteiger partial charge >= 0.3 is 5.97 Å². The fraction of sp³-hybridized carbons (Fsp3) is 0.172. The average molecular weight is 555 g/mol. The molecule has 5 rings (SSSR count). The van der Waals surface area contributed by atoms with E-state index in [-0.39, 0.29) is 19.0 Å². The molecule has 0 aromatic heterocycles. The van der Waals surface area contributed by atoms with Crippen molar-refractivity contribution in [1.29, 1.82) is 0 Å². The number of hydrogen-bond donors (Lipinski definition) is 1. The highest BCUT2D eigenvalue weighted by Crippen LogP contribution is 2.47. The number of ether oxygens (including phenoxy) is 2. The van der Waals surface area contributed by atoms with Gasteiger partial charge in [-0.2, -0.15) is 0 Å². The topological polar surface area (TPSA) is 64.6 Å². The van der Waals surface area contributed by atoms with Gasteiger partial charge in [0.05, 0.1) is 32.9 Å². The number of dihydropyridines is 1. The summed E-state index contributed by atoms with van der Waals surface area (Å²) in [7, 11) is 0. The molecule has 188 valence electrons. The molecule has 3 aromatic carbocycles. The number of hydrogen-bond acceptors (Lipinski definition) is 5. The van der Waals surface area contributed by atoms with Crippen LogP contribution in [0.4, 0.5) is 0 Å². The van der Waals surface area contributed by atoms with Crippen LogP contribution in [0.15, 0.2) is 77.5 Å². The largest absolute Gasteiger partial charge is 0.487 e. The minimum absolute atomic E-state index is 0.131. The zero-order valence-electron chi connectivity index (χ0n) is 20.0. The lowest BCUT2D eigenvalue weighted by Crippen LogP contribution is -2.29. The number of benzene rings is 3. The van der Waals surface area contributed by atoms with Crippen LogP contribution in [-0.4, -0.2) is 18.4 Å². The van der Waals surface area contributed by atoms with E-state index in [1.807, 2.05) is 37.3 Å². The number of ketones is 1. The van der Waals surface area contributed by atoms with E-state index >= 15 is 0 Å². The van der Waals surface area contributed by atoms with Gasteiger partial charge in [-0.15, -0.1) is 0 Å². The third-order valence-electron chi connectivity index (χ3n) is 6.41. The summed E-state index contributed by atoms with van der Waals surface area (Å²) in [5, 5.41) is 4.54. The van der Waals surface area contributed by atoms with Crippen LogP contribution in [0.3, 0.4) is 0 Å². The molecule has 1 heterocycles. The lowest BCUT2D eigenvalue weighted by atomic mass is 9.80. The van der Waals surface area contributed by atoms with Gasteiger partial charge in [0, 0.05) is 28.3 Å². The highest BCUT2D eigenvalue weighted by Gasteiger charge is 2.43. The number of Topliss-reactive ketones (excluding diaryl/α,β-unsaturated/α-hetero) is 1. The molecule has 37 heavy (non-hydrogen) atoms. The molecule has 0 saturated heterocycles. The maximum atomic E-state index is 13.6. The fourth-order valence-electron chi connectivity index (χ4n) is 4.75. The lowest BCUT2D eigenvalue weighted by Gasteiger charge is -2.29. The minimum atomic E-state index is -0.656. The van der Waals surface area contributed by atoms with Crippen molar-refractivity contribution in [2.45, 2.75) is 26.4 Å². The van der Waals surface area contributed by atoms with E-state index in [1.54, 1.807) is 37.3 Å². The first kappa shape index (κ1) is 25.4. The lowest BCUT2D eigenvalue weighted by molar-refractivity contribution is -0.138. The SMILES string of the molecule is CCOC(=O)C1=C(C)NC2=C(C(=O)c3ccccc32)[C@@H]1c1ccc(OCc2ccc(Cl)c(Cl)c2)c(Cl)c1. The summed E-state index contributed by atoms with van der Waals surface area (Å²) in [6, 6.07) is 18.0. The number of carbonyl (C=O) groups excluding carboxylic acids is 2. The Morgan fingerprint density at radius 2 is 1.70 bits per heavy atom. The standard InChI is InChI=1S/C29H22Cl3NO4/c1-3-36-29(35)24-15(2)33-27-18-6-4-5-7-19(18)28(34)26(27)25(24)17-9-11-23(22(32)13-17)37-14-16-8-10-20(30)21(31)12-16/h4-13,25,33H,3,14H2,1-2H3/t25-/m1/s1. The number of allylic oxidation sites excluding steroid dienone is 2. The van der Waals surface area contributed by atoms with Crippen LogP contribution in [0.1, 0.15) is 46.8 Å². The first-order valence-electron chi connectivity index (χ1n) is 11.7. The van der Waals surface area contributed by atoms with Crippen molar-refractivity contribution in [2.24, 2.45) is 0 Å². The second kappa shape index (κ2) is 10.3. The molecule has 0 amide bonds. The summed E-state index contributed by atoms with van der Waals surface area (Å²) in [5.41, 5.74) is 5.12. The molecule has 1 aliphatic heterocycles. The first-order valence-corrected chi connectivity index (χ1v) is 12.8. The Labute approximate surface area is 229 Å². The zero-order valence-corrected chi connectivity index (χ0v) is 22.3. The number of halogens is 3. The summed E-state index contributed by atoms with van der Waals surface area (Å²) < 4.78 is 11.3. The van der Waals surface area contributed by atoms with Crippen molar-refractivity contribution >= 4 is 52.3 Å². The van der Waals surface area contributed by atoms with E-state index in [0.717, 1.165) is 11.1 Å². The Morgan fingerprint density at radius 3 is 2.41 bits per heavy atom. The number of nitrogens with one attached hydrogen (secondary N) is 1. The van der Waals surface area contributed by atoms with Gasteiger partial charge in [0.25, 0.3) is 0 Å². The van der Waals surface area contributed by atoms with E-state index in [2.05, 4.69) is 5.32 Å². The van der Waals surface area contributed by atoms with Gasteiger partial charge in [0.15, 0.2) is 5.78 Å². The van der Waals surface area contributed by atoms with E-state index in [1.165, 1.54) is 0 Å².